The first-order valence-corrected chi connectivity index (χ1v) is 13.0. The fourth-order valence-corrected chi connectivity index (χ4v) is 5.26. The number of carbonyl (C=O) groups is 3. The zero-order valence-electron chi connectivity index (χ0n) is 19.9. The molecule has 1 aromatic rings. The van der Waals surface area contributed by atoms with Crippen LogP contribution in [0.1, 0.15) is 43.7 Å². The lowest BCUT2D eigenvalue weighted by Crippen LogP contribution is -2.50. The Morgan fingerprint density at radius 2 is 1.91 bits per heavy atom. The molecule has 0 spiro atoms. The van der Waals surface area contributed by atoms with Crippen molar-refractivity contribution in [1.82, 2.24) is 14.7 Å². The van der Waals surface area contributed by atoms with Gasteiger partial charge in [-0.1, -0.05) is 24.3 Å². The number of ketones is 1. The van der Waals surface area contributed by atoms with Crippen LogP contribution >= 0.6 is 12.6 Å². The van der Waals surface area contributed by atoms with Gasteiger partial charge in [0.1, 0.15) is 5.82 Å². The van der Waals surface area contributed by atoms with E-state index in [1.165, 1.54) is 6.07 Å². The second-order valence-corrected chi connectivity index (χ2v) is 10.4. The van der Waals surface area contributed by atoms with E-state index < -0.39 is 12.0 Å². The second-order valence-electron chi connectivity index (χ2n) is 9.77. The van der Waals surface area contributed by atoms with Gasteiger partial charge in [0.05, 0.1) is 12.6 Å². The zero-order valence-corrected chi connectivity index (χ0v) is 20.8. The van der Waals surface area contributed by atoms with E-state index in [1.54, 1.807) is 18.2 Å². The third-order valence-electron chi connectivity index (χ3n) is 7.15. The molecule has 2 unspecified atom stereocenters. The van der Waals surface area contributed by atoms with E-state index in [0.717, 1.165) is 31.4 Å². The number of benzene rings is 1. The molecule has 1 aliphatic carbocycles. The number of amides is 1. The minimum atomic E-state index is -0.819. The number of piperazine rings is 1. The van der Waals surface area contributed by atoms with Crippen LogP contribution in [0.5, 0.6) is 0 Å². The predicted molar refractivity (Wildman–Crippen MR) is 134 cm³/mol. The summed E-state index contributed by atoms with van der Waals surface area (Å²) in [5, 5.41) is 8.83. The van der Waals surface area contributed by atoms with Crippen molar-refractivity contribution < 1.29 is 23.9 Å². The molecule has 1 amide bonds. The molecule has 0 aromatic heterocycles. The number of hydrogen-bond acceptors (Lipinski definition) is 6. The van der Waals surface area contributed by atoms with Gasteiger partial charge >= 0.3 is 5.97 Å². The first-order valence-electron chi connectivity index (χ1n) is 12.4. The van der Waals surface area contributed by atoms with Crippen LogP contribution in [0.4, 0.5) is 4.39 Å². The smallest absolute Gasteiger partial charge is 0.303 e. The van der Waals surface area contributed by atoms with Gasteiger partial charge in [-0.25, -0.2) is 4.39 Å². The molecule has 0 bridgehead atoms. The number of hydrogen-bond donors (Lipinski definition) is 2. The van der Waals surface area contributed by atoms with Gasteiger partial charge in [0, 0.05) is 55.9 Å². The number of rotatable bonds is 10. The van der Waals surface area contributed by atoms with Crippen LogP contribution in [0, 0.1) is 11.7 Å². The van der Waals surface area contributed by atoms with Crippen LogP contribution in [-0.4, -0.2) is 88.5 Å². The Hall–Kier alpha value is -2.23. The molecule has 1 saturated carbocycles. The summed E-state index contributed by atoms with van der Waals surface area (Å²) in [6.07, 6.45) is 5.19. The molecule has 2 aliphatic heterocycles. The van der Waals surface area contributed by atoms with Gasteiger partial charge in [0.2, 0.25) is 5.91 Å². The second kappa shape index (κ2) is 11.7. The van der Waals surface area contributed by atoms with Gasteiger partial charge in [-0.15, -0.1) is 0 Å². The Kier molecular flexibility index (Phi) is 8.62. The maximum atomic E-state index is 14.7. The van der Waals surface area contributed by atoms with Crippen molar-refractivity contribution in [3.05, 3.63) is 47.3 Å². The molecule has 1 aromatic carbocycles. The van der Waals surface area contributed by atoms with E-state index in [-0.39, 0.29) is 35.1 Å². The van der Waals surface area contributed by atoms with E-state index in [1.807, 2.05) is 15.9 Å². The number of Topliss-reactive ketones (excluding diaryl/α,β-unsaturated/α-hetero) is 1. The number of carboxylic acid groups (broad SMARTS) is 1. The summed E-state index contributed by atoms with van der Waals surface area (Å²) in [6, 6.07) is 5.96. The minimum Gasteiger partial charge on any atom is -0.481 e. The molecule has 2 heterocycles. The Morgan fingerprint density at radius 3 is 2.60 bits per heavy atom. The average molecular weight is 504 g/mol. The summed E-state index contributed by atoms with van der Waals surface area (Å²) in [5.41, 5.74) is 1.50. The number of thiol groups is 1. The first-order chi connectivity index (χ1) is 16.8. The van der Waals surface area contributed by atoms with Crippen LogP contribution in [0.3, 0.4) is 0 Å². The van der Waals surface area contributed by atoms with Gasteiger partial charge in [-0.3, -0.25) is 24.2 Å². The lowest BCUT2D eigenvalue weighted by Gasteiger charge is -2.38. The van der Waals surface area contributed by atoms with E-state index in [9.17, 15) is 18.8 Å². The van der Waals surface area contributed by atoms with Gasteiger partial charge in [0.15, 0.2) is 5.78 Å². The largest absolute Gasteiger partial charge is 0.481 e. The quantitative estimate of drug-likeness (QED) is 0.378. The molecule has 0 radical (unpaired) electrons. The summed E-state index contributed by atoms with van der Waals surface area (Å²) in [7, 11) is 0. The summed E-state index contributed by atoms with van der Waals surface area (Å²) >= 11 is 4.75. The van der Waals surface area contributed by atoms with Crippen molar-refractivity contribution in [1.29, 1.82) is 0 Å². The monoisotopic (exact) mass is 503 g/mol. The van der Waals surface area contributed by atoms with E-state index in [2.05, 4.69) is 4.90 Å². The Balaban J connectivity index is 1.40. The van der Waals surface area contributed by atoms with Crippen LogP contribution in [0.15, 0.2) is 35.9 Å². The minimum absolute atomic E-state index is 0.0187. The van der Waals surface area contributed by atoms with Gasteiger partial charge in [-0.2, -0.15) is 12.6 Å². The molecular formula is C26H34FN3O4S. The molecule has 3 fully saturated rings. The van der Waals surface area contributed by atoms with Crippen molar-refractivity contribution in [2.24, 2.45) is 5.92 Å². The third kappa shape index (κ3) is 6.71. The summed E-state index contributed by atoms with van der Waals surface area (Å²) in [6.45, 7) is 3.87. The van der Waals surface area contributed by atoms with E-state index in [0.29, 0.717) is 51.3 Å². The highest BCUT2D eigenvalue weighted by Gasteiger charge is 2.40. The lowest BCUT2D eigenvalue weighted by molar-refractivity contribution is -0.137. The number of piperidine rings is 1. The van der Waals surface area contributed by atoms with Crippen LogP contribution in [-0.2, 0) is 14.4 Å². The number of carboxylic acids is 1. The standard InChI is InChI=1S/C26H34FN3O4S/c27-21-5-2-1-4-20(21)25(26(34)18-7-8-18)30-13-10-22(35)19(16-30)9-12-29-15-14-28(17-23(29)31)11-3-6-24(32)33/h1-2,4-5,9,18,22,25,35H,3,6-8,10-17H2,(H,32,33). The van der Waals surface area contributed by atoms with Crippen LogP contribution < -0.4 is 0 Å². The van der Waals surface area contributed by atoms with Crippen molar-refractivity contribution in [2.45, 2.75) is 43.4 Å². The van der Waals surface area contributed by atoms with Gasteiger partial charge in [-0.05, 0) is 43.9 Å². The maximum Gasteiger partial charge on any atom is 0.303 e. The van der Waals surface area contributed by atoms with Crippen LogP contribution in [0.2, 0.25) is 0 Å². The molecular weight excluding hydrogens is 469 g/mol. The van der Waals surface area contributed by atoms with E-state index in [4.69, 9.17) is 17.7 Å². The Morgan fingerprint density at radius 1 is 1.14 bits per heavy atom. The normalized spacial score (nSPS) is 24.1. The SMILES string of the molecule is O=C(O)CCCN1CCN(CC=C2CN(C(C(=O)C3CC3)c3ccccc3F)CCC2S)C(=O)C1. The number of nitrogens with zero attached hydrogens (tertiary/aromatic N) is 3. The molecule has 35 heavy (non-hydrogen) atoms. The summed E-state index contributed by atoms with van der Waals surface area (Å²) in [5.74, 6) is -1.02. The number of carbonyl (C=O) groups excluding carboxylic acids is 2. The number of aliphatic carboxylic acids is 1. The fourth-order valence-electron chi connectivity index (χ4n) is 4.95. The van der Waals surface area contributed by atoms with Crippen molar-refractivity contribution in [3.63, 3.8) is 0 Å². The molecule has 9 heteroatoms. The highest BCUT2D eigenvalue weighted by atomic mass is 32.1. The summed E-state index contributed by atoms with van der Waals surface area (Å²) in [4.78, 5) is 42.4. The molecule has 1 N–H and O–H groups in total. The third-order valence-corrected chi connectivity index (χ3v) is 7.74. The molecule has 3 aliphatic rings. The number of likely N-dealkylation sites (tertiary alicyclic amines) is 1. The highest BCUT2D eigenvalue weighted by molar-refractivity contribution is 7.81. The van der Waals surface area contributed by atoms with Crippen molar-refractivity contribution in [3.8, 4) is 0 Å². The van der Waals surface area contributed by atoms with Gasteiger partial charge in [0.25, 0.3) is 0 Å². The van der Waals surface area contributed by atoms with Crippen LogP contribution in [0.25, 0.3) is 0 Å². The molecule has 2 saturated heterocycles. The molecule has 2 atom stereocenters. The van der Waals surface area contributed by atoms with Gasteiger partial charge < -0.3 is 10.0 Å². The van der Waals surface area contributed by atoms with E-state index >= 15 is 0 Å². The van der Waals surface area contributed by atoms with Crippen molar-refractivity contribution >= 4 is 30.3 Å². The maximum absolute atomic E-state index is 14.7. The van der Waals surface area contributed by atoms with Crippen molar-refractivity contribution in [2.75, 3.05) is 45.8 Å². The average Bonchev–Trinajstić information content (AvgIpc) is 3.67. The highest BCUT2D eigenvalue weighted by Crippen LogP contribution is 2.39. The molecule has 7 nitrogen and oxygen atoms in total. The predicted octanol–water partition coefficient (Wildman–Crippen LogP) is 2.79. The summed E-state index contributed by atoms with van der Waals surface area (Å²) < 4.78 is 14.7. The Bertz CT molecular complexity index is 983. The lowest BCUT2D eigenvalue weighted by atomic mass is 9.93. The first kappa shape index (κ1) is 25.9. The Labute approximate surface area is 211 Å². The zero-order chi connectivity index (χ0) is 24.9. The molecule has 190 valence electrons. The molecule has 4 rings (SSSR count). The number of halogens is 1. The topological polar surface area (TPSA) is 81.2 Å². The fraction of sp³-hybridized carbons (Fsp3) is 0.577.